The summed E-state index contributed by atoms with van der Waals surface area (Å²) >= 11 is 0. The molecule has 4 rings (SSSR count). The predicted molar refractivity (Wildman–Crippen MR) is 88.6 cm³/mol. The van der Waals surface area contributed by atoms with Crippen LogP contribution in [0.2, 0.25) is 0 Å². The van der Waals surface area contributed by atoms with E-state index in [1.54, 1.807) is 12.1 Å². The van der Waals surface area contributed by atoms with Gasteiger partial charge < -0.3 is 16.8 Å². The van der Waals surface area contributed by atoms with Crippen molar-refractivity contribution in [2.24, 2.45) is 0 Å². The van der Waals surface area contributed by atoms with Gasteiger partial charge in [0.05, 0.1) is 0 Å². The molecule has 1 aromatic heterocycles. The number of carbonyl (C=O) groups is 1. The van der Waals surface area contributed by atoms with Crippen molar-refractivity contribution in [1.29, 1.82) is 0 Å². The lowest BCUT2D eigenvalue weighted by molar-refractivity contribution is -0.116. The van der Waals surface area contributed by atoms with Crippen molar-refractivity contribution in [2.75, 3.05) is 16.8 Å². The van der Waals surface area contributed by atoms with Crippen LogP contribution in [0.15, 0.2) is 35.5 Å². The minimum Gasteiger partial charge on any atom is -0.383 e. The maximum Gasteiger partial charge on any atom is 0.223 e. The number of aromatic nitrogens is 2. The van der Waals surface area contributed by atoms with Gasteiger partial charge in [-0.1, -0.05) is 12.1 Å². The minimum absolute atomic E-state index is 0.0694. The number of carbonyl (C=O) groups excluding carboxylic acids is 1. The van der Waals surface area contributed by atoms with E-state index in [-0.39, 0.29) is 23.4 Å². The van der Waals surface area contributed by atoms with Crippen molar-refractivity contribution in [3.8, 4) is 0 Å². The lowest BCUT2D eigenvalue weighted by Crippen LogP contribution is -2.28. The second-order valence-electron chi connectivity index (χ2n) is 6.01. The normalized spacial score (nSPS) is 19.5. The Kier molecular flexibility index (Phi) is 3.23. The van der Waals surface area contributed by atoms with Crippen LogP contribution in [0.4, 0.5) is 22.0 Å². The topological polar surface area (TPSA) is 107 Å². The van der Waals surface area contributed by atoms with Gasteiger partial charge in [-0.15, -0.1) is 0 Å². The molecule has 0 radical (unpaired) electrons. The maximum absolute atomic E-state index is 13.3. The number of anilines is 3. The molecule has 6 nitrogen and oxygen atoms in total. The highest BCUT2D eigenvalue weighted by atomic mass is 19.1. The number of halogens is 1. The van der Waals surface area contributed by atoms with E-state index >= 15 is 0 Å². The highest BCUT2D eigenvalue weighted by Crippen LogP contribution is 2.46. The molecule has 0 saturated carbocycles. The molecule has 0 amide bonds. The van der Waals surface area contributed by atoms with Gasteiger partial charge in [-0.05, 0) is 30.5 Å². The van der Waals surface area contributed by atoms with E-state index in [4.69, 9.17) is 11.5 Å². The van der Waals surface area contributed by atoms with Crippen LogP contribution in [-0.2, 0) is 4.79 Å². The van der Waals surface area contributed by atoms with Gasteiger partial charge in [0.1, 0.15) is 17.5 Å². The largest absolute Gasteiger partial charge is 0.383 e. The van der Waals surface area contributed by atoms with Crippen molar-refractivity contribution in [2.45, 2.75) is 25.2 Å². The summed E-state index contributed by atoms with van der Waals surface area (Å²) < 4.78 is 13.3. The Labute approximate surface area is 137 Å². The Hall–Kier alpha value is -2.96. The molecule has 2 aliphatic rings. The first kappa shape index (κ1) is 14.6. The summed E-state index contributed by atoms with van der Waals surface area (Å²) in [5, 5.41) is 3.20. The summed E-state index contributed by atoms with van der Waals surface area (Å²) in [6, 6.07) is 6.08. The highest BCUT2D eigenvalue weighted by molar-refractivity contribution is 6.01. The van der Waals surface area contributed by atoms with Crippen molar-refractivity contribution in [1.82, 2.24) is 9.97 Å². The van der Waals surface area contributed by atoms with Crippen molar-refractivity contribution >= 4 is 23.4 Å². The molecule has 0 spiro atoms. The van der Waals surface area contributed by atoms with Crippen molar-refractivity contribution < 1.29 is 9.18 Å². The van der Waals surface area contributed by atoms with E-state index in [1.807, 2.05) is 0 Å². The molecule has 7 heteroatoms. The van der Waals surface area contributed by atoms with Crippen LogP contribution >= 0.6 is 0 Å². The number of Topliss-reactive ketones (excluding diaryl/α,β-unsaturated/α-hetero) is 1. The molecule has 2 aromatic rings. The molecular formula is C17H16FN5O. The van der Waals surface area contributed by atoms with Gasteiger partial charge in [-0.25, -0.2) is 4.39 Å². The summed E-state index contributed by atoms with van der Waals surface area (Å²) in [5.74, 6) is 0.138. The van der Waals surface area contributed by atoms with Gasteiger partial charge in [0, 0.05) is 29.2 Å². The summed E-state index contributed by atoms with van der Waals surface area (Å²) in [7, 11) is 0. The monoisotopic (exact) mass is 325 g/mol. The first-order valence-electron chi connectivity index (χ1n) is 7.76. The molecule has 1 aromatic carbocycles. The first-order chi connectivity index (χ1) is 11.5. The summed E-state index contributed by atoms with van der Waals surface area (Å²) in [4.78, 5) is 20.9. The molecule has 0 saturated heterocycles. The van der Waals surface area contributed by atoms with Gasteiger partial charge in [-0.2, -0.15) is 9.97 Å². The van der Waals surface area contributed by atoms with Gasteiger partial charge in [-0.3, -0.25) is 4.79 Å². The van der Waals surface area contributed by atoms with Gasteiger partial charge in [0.15, 0.2) is 5.78 Å². The Bertz CT molecular complexity index is 875. The quantitative estimate of drug-likeness (QED) is 0.743. The standard InChI is InChI=1S/C17H16FN5O/c18-9-6-4-8(5-7-9)12-13-10(2-1-3-11(13)24)21-16-14(12)15(19)22-17(20)23-16/h4-7,12H,1-3H2,(H5,19,20,21,22,23). The molecule has 122 valence electrons. The van der Waals surface area contributed by atoms with E-state index in [1.165, 1.54) is 12.1 Å². The summed E-state index contributed by atoms with van der Waals surface area (Å²) in [6.45, 7) is 0. The number of nitrogen functional groups attached to an aromatic ring is 2. The Morgan fingerprint density at radius 1 is 1.12 bits per heavy atom. The lowest BCUT2D eigenvalue weighted by Gasteiger charge is -2.33. The fourth-order valence-corrected chi connectivity index (χ4v) is 3.49. The molecule has 1 aliphatic carbocycles. The molecular weight excluding hydrogens is 309 g/mol. The number of rotatable bonds is 1. The van der Waals surface area contributed by atoms with Crippen LogP contribution < -0.4 is 16.8 Å². The Morgan fingerprint density at radius 2 is 1.88 bits per heavy atom. The number of hydrogen-bond donors (Lipinski definition) is 3. The fraction of sp³-hybridized carbons (Fsp3) is 0.235. The number of nitrogens with two attached hydrogens (primary N) is 2. The van der Waals surface area contributed by atoms with Crippen LogP contribution in [-0.4, -0.2) is 15.8 Å². The third-order valence-electron chi connectivity index (χ3n) is 4.50. The maximum atomic E-state index is 13.3. The Morgan fingerprint density at radius 3 is 2.62 bits per heavy atom. The van der Waals surface area contributed by atoms with Crippen molar-refractivity contribution in [3.63, 3.8) is 0 Å². The zero-order valence-corrected chi connectivity index (χ0v) is 12.8. The first-order valence-corrected chi connectivity index (χ1v) is 7.76. The van der Waals surface area contributed by atoms with Crippen LogP contribution in [0, 0.1) is 5.82 Å². The molecule has 0 fully saturated rings. The number of benzene rings is 1. The van der Waals surface area contributed by atoms with Crippen LogP contribution in [0.25, 0.3) is 0 Å². The molecule has 1 atom stereocenters. The molecule has 2 heterocycles. The smallest absolute Gasteiger partial charge is 0.223 e. The second kappa shape index (κ2) is 5.30. The van der Waals surface area contributed by atoms with E-state index in [0.29, 0.717) is 23.4 Å². The second-order valence-corrected chi connectivity index (χ2v) is 6.01. The molecule has 24 heavy (non-hydrogen) atoms. The number of hydrogen-bond acceptors (Lipinski definition) is 6. The molecule has 0 bridgehead atoms. The van der Waals surface area contributed by atoms with Gasteiger partial charge >= 0.3 is 0 Å². The van der Waals surface area contributed by atoms with Crippen LogP contribution in [0.5, 0.6) is 0 Å². The number of nitrogens with zero attached hydrogens (tertiary/aromatic N) is 2. The van der Waals surface area contributed by atoms with Gasteiger partial charge in [0.25, 0.3) is 0 Å². The van der Waals surface area contributed by atoms with Crippen molar-refractivity contribution in [3.05, 3.63) is 52.5 Å². The third-order valence-corrected chi connectivity index (χ3v) is 4.50. The van der Waals surface area contributed by atoms with E-state index in [9.17, 15) is 9.18 Å². The van der Waals surface area contributed by atoms with Crippen LogP contribution in [0.3, 0.4) is 0 Å². The zero-order valence-electron chi connectivity index (χ0n) is 12.8. The predicted octanol–water partition coefficient (Wildman–Crippen LogP) is 2.34. The number of fused-ring (bicyclic) bond motifs is 1. The average molecular weight is 325 g/mol. The molecule has 1 aliphatic heterocycles. The fourth-order valence-electron chi connectivity index (χ4n) is 3.49. The zero-order chi connectivity index (χ0) is 16.8. The highest BCUT2D eigenvalue weighted by Gasteiger charge is 2.37. The SMILES string of the molecule is Nc1nc(N)c2c(n1)NC1=C(C(=O)CCC1)C2c1ccc(F)cc1. The number of nitrogens with one attached hydrogen (secondary N) is 1. The lowest BCUT2D eigenvalue weighted by atomic mass is 9.76. The third kappa shape index (κ3) is 2.20. The van der Waals surface area contributed by atoms with E-state index < -0.39 is 5.92 Å². The average Bonchev–Trinajstić information content (AvgIpc) is 2.54. The minimum atomic E-state index is -0.412. The van der Waals surface area contributed by atoms with Gasteiger partial charge in [0.2, 0.25) is 5.95 Å². The number of ketones is 1. The van der Waals surface area contributed by atoms with E-state index in [2.05, 4.69) is 15.3 Å². The van der Waals surface area contributed by atoms with E-state index in [0.717, 1.165) is 24.1 Å². The van der Waals surface area contributed by atoms with Crippen LogP contribution in [0.1, 0.15) is 36.3 Å². The Balaban J connectivity index is 1.97. The number of allylic oxidation sites excluding steroid dienone is 2. The molecule has 1 unspecified atom stereocenters. The molecule has 5 N–H and O–H groups in total. The summed E-state index contributed by atoms with van der Waals surface area (Å²) in [5.41, 5.74) is 14.7. The summed E-state index contributed by atoms with van der Waals surface area (Å²) in [6.07, 6.45) is 2.03.